The van der Waals surface area contributed by atoms with Crippen molar-refractivity contribution in [2.45, 2.75) is 32.7 Å². The Labute approximate surface area is 169 Å². The predicted octanol–water partition coefficient (Wildman–Crippen LogP) is 2.17. The van der Waals surface area contributed by atoms with Crippen molar-refractivity contribution in [3.8, 4) is 5.75 Å². The summed E-state index contributed by atoms with van der Waals surface area (Å²) in [5.74, 6) is 0.536. The molecule has 3 aromatic rings. The molecule has 0 aliphatic heterocycles. The largest absolute Gasteiger partial charge is 0.491 e. The van der Waals surface area contributed by atoms with Gasteiger partial charge in [0.15, 0.2) is 0 Å². The van der Waals surface area contributed by atoms with Crippen LogP contribution in [0.15, 0.2) is 39.9 Å². The topological polar surface area (TPSA) is 86.3 Å². The number of hydrogen-bond donors (Lipinski definition) is 1. The van der Waals surface area contributed by atoms with Gasteiger partial charge in [0, 0.05) is 7.05 Å². The van der Waals surface area contributed by atoms with Crippen LogP contribution in [0.2, 0.25) is 0 Å². The van der Waals surface area contributed by atoms with E-state index in [1.807, 2.05) is 19.9 Å². The molecule has 0 spiro atoms. The number of aromatic nitrogens is 3. The molecule has 0 aliphatic rings. The van der Waals surface area contributed by atoms with E-state index >= 15 is 0 Å². The molecule has 1 N–H and O–H groups in total. The second-order valence-electron chi connectivity index (χ2n) is 7.11. The third-order valence-corrected chi connectivity index (χ3v) is 4.51. The summed E-state index contributed by atoms with van der Waals surface area (Å²) in [5, 5.41) is 10.1. The lowest BCUT2D eigenvalue weighted by Gasteiger charge is -2.16. The fourth-order valence-electron chi connectivity index (χ4n) is 3.17. The SMILES string of the molecule is Cc1cc(C)cc(OCC(O)Cn2c(=O)c3ccc(C(F)(F)F)nc3n(C)c2=O)c1. The maximum Gasteiger partial charge on any atom is 0.433 e. The zero-order chi connectivity index (χ0) is 22.2. The molecule has 1 unspecified atom stereocenters. The first-order chi connectivity index (χ1) is 14.0. The predicted molar refractivity (Wildman–Crippen MR) is 104 cm³/mol. The maximum atomic E-state index is 12.9. The highest BCUT2D eigenvalue weighted by Crippen LogP contribution is 2.28. The summed E-state index contributed by atoms with van der Waals surface area (Å²) < 4.78 is 45.8. The van der Waals surface area contributed by atoms with Gasteiger partial charge >= 0.3 is 11.9 Å². The molecule has 160 valence electrons. The van der Waals surface area contributed by atoms with Crippen molar-refractivity contribution < 1.29 is 23.0 Å². The van der Waals surface area contributed by atoms with Crippen LogP contribution >= 0.6 is 0 Å². The molecule has 0 saturated heterocycles. The zero-order valence-electron chi connectivity index (χ0n) is 16.5. The van der Waals surface area contributed by atoms with E-state index < -0.39 is 29.2 Å². The van der Waals surface area contributed by atoms with Crippen LogP contribution in [0.1, 0.15) is 16.8 Å². The Morgan fingerprint density at radius 2 is 1.77 bits per heavy atom. The fraction of sp³-hybridized carbons (Fsp3) is 0.350. The van der Waals surface area contributed by atoms with E-state index in [1.165, 1.54) is 7.05 Å². The van der Waals surface area contributed by atoms with Gasteiger partial charge in [-0.1, -0.05) is 6.07 Å². The van der Waals surface area contributed by atoms with E-state index in [9.17, 15) is 27.9 Å². The second-order valence-corrected chi connectivity index (χ2v) is 7.11. The van der Waals surface area contributed by atoms with Crippen LogP contribution in [0.3, 0.4) is 0 Å². The smallest absolute Gasteiger partial charge is 0.433 e. The van der Waals surface area contributed by atoms with Crippen LogP contribution < -0.4 is 16.0 Å². The number of fused-ring (bicyclic) bond motifs is 1. The molecule has 2 aromatic heterocycles. The summed E-state index contributed by atoms with van der Waals surface area (Å²) in [6.45, 7) is 3.23. The monoisotopic (exact) mass is 423 g/mol. The maximum absolute atomic E-state index is 12.9. The average Bonchev–Trinajstić information content (AvgIpc) is 2.66. The van der Waals surface area contributed by atoms with Crippen LogP contribution in [0.5, 0.6) is 5.75 Å². The summed E-state index contributed by atoms with van der Waals surface area (Å²) in [4.78, 5) is 28.6. The number of benzene rings is 1. The molecule has 30 heavy (non-hydrogen) atoms. The molecule has 0 bridgehead atoms. The molecule has 0 fully saturated rings. The van der Waals surface area contributed by atoms with Crippen LogP contribution in [0, 0.1) is 13.8 Å². The number of hydrogen-bond acceptors (Lipinski definition) is 5. The number of ether oxygens (including phenoxy) is 1. The van der Waals surface area contributed by atoms with Gasteiger partial charge in [0.1, 0.15) is 29.8 Å². The molecule has 1 atom stereocenters. The number of alkyl halides is 3. The van der Waals surface area contributed by atoms with Crippen LogP contribution in [-0.4, -0.2) is 31.9 Å². The van der Waals surface area contributed by atoms with Gasteiger partial charge in [0.2, 0.25) is 0 Å². The number of nitrogens with zero attached hydrogens (tertiary/aromatic N) is 3. The zero-order valence-corrected chi connectivity index (χ0v) is 16.5. The Kier molecular flexibility index (Phi) is 5.71. The van der Waals surface area contributed by atoms with Gasteiger partial charge in [0.05, 0.1) is 11.9 Å². The van der Waals surface area contributed by atoms with Gasteiger partial charge in [-0.05, 0) is 49.2 Å². The quantitative estimate of drug-likeness (QED) is 0.680. The van der Waals surface area contributed by atoms with Crippen molar-refractivity contribution in [3.05, 3.63) is 68.0 Å². The van der Waals surface area contributed by atoms with Crippen LogP contribution in [-0.2, 0) is 19.8 Å². The average molecular weight is 423 g/mol. The third kappa shape index (κ3) is 4.38. The number of rotatable bonds is 5. The highest BCUT2D eigenvalue weighted by Gasteiger charge is 2.33. The molecular formula is C20H20F3N3O4. The lowest BCUT2D eigenvalue weighted by Crippen LogP contribution is -2.43. The minimum absolute atomic E-state index is 0.160. The van der Waals surface area contributed by atoms with Gasteiger partial charge in [-0.15, -0.1) is 0 Å². The van der Waals surface area contributed by atoms with E-state index in [4.69, 9.17) is 4.74 Å². The third-order valence-electron chi connectivity index (χ3n) is 4.51. The number of aliphatic hydroxyl groups is 1. The summed E-state index contributed by atoms with van der Waals surface area (Å²) in [5.41, 5.74) is -1.35. The van der Waals surface area contributed by atoms with E-state index in [-0.39, 0.29) is 24.2 Å². The molecule has 2 heterocycles. The number of aliphatic hydroxyl groups excluding tert-OH is 1. The Hall–Kier alpha value is -3.14. The minimum Gasteiger partial charge on any atom is -0.491 e. The molecule has 10 heteroatoms. The van der Waals surface area contributed by atoms with Gasteiger partial charge in [-0.3, -0.25) is 13.9 Å². The van der Waals surface area contributed by atoms with E-state index in [2.05, 4.69) is 4.98 Å². The van der Waals surface area contributed by atoms with Crippen LogP contribution in [0.4, 0.5) is 13.2 Å². The van der Waals surface area contributed by atoms with E-state index in [0.29, 0.717) is 11.8 Å². The molecule has 3 rings (SSSR count). The molecule has 0 saturated carbocycles. The highest BCUT2D eigenvalue weighted by atomic mass is 19.4. The lowest BCUT2D eigenvalue weighted by molar-refractivity contribution is -0.141. The van der Waals surface area contributed by atoms with Crippen molar-refractivity contribution in [3.63, 3.8) is 0 Å². The van der Waals surface area contributed by atoms with Crippen LogP contribution in [0.25, 0.3) is 11.0 Å². The van der Waals surface area contributed by atoms with Crippen molar-refractivity contribution in [2.24, 2.45) is 7.05 Å². The number of aryl methyl sites for hydroxylation is 3. The second kappa shape index (κ2) is 7.94. The minimum atomic E-state index is -4.71. The molecular weight excluding hydrogens is 403 g/mol. The lowest BCUT2D eigenvalue weighted by atomic mass is 10.1. The first-order valence-electron chi connectivity index (χ1n) is 9.04. The Morgan fingerprint density at radius 3 is 2.37 bits per heavy atom. The van der Waals surface area contributed by atoms with Crippen molar-refractivity contribution in [2.75, 3.05) is 6.61 Å². The highest BCUT2D eigenvalue weighted by molar-refractivity contribution is 5.74. The first-order valence-corrected chi connectivity index (χ1v) is 9.04. The van der Waals surface area contributed by atoms with Gasteiger partial charge in [-0.25, -0.2) is 9.78 Å². The molecule has 0 radical (unpaired) electrons. The molecule has 0 aliphatic carbocycles. The van der Waals surface area contributed by atoms with Crippen molar-refractivity contribution in [1.29, 1.82) is 0 Å². The number of halogens is 3. The summed E-state index contributed by atoms with van der Waals surface area (Å²) >= 11 is 0. The van der Waals surface area contributed by atoms with Gasteiger partial charge in [-0.2, -0.15) is 13.2 Å². The summed E-state index contributed by atoms with van der Waals surface area (Å²) in [6.07, 6.45) is -5.91. The van der Waals surface area contributed by atoms with Crippen molar-refractivity contribution in [1.82, 2.24) is 14.1 Å². The van der Waals surface area contributed by atoms with E-state index in [1.54, 1.807) is 12.1 Å². The van der Waals surface area contributed by atoms with Gasteiger partial charge in [0.25, 0.3) is 5.56 Å². The first kappa shape index (κ1) is 21.6. The Bertz CT molecular complexity index is 1190. The van der Waals surface area contributed by atoms with Gasteiger partial charge < -0.3 is 9.84 Å². The molecule has 0 amide bonds. The standard InChI is InChI=1S/C20H20F3N3O4/c1-11-6-12(2)8-14(7-11)30-10-13(27)9-26-18(28)15-4-5-16(20(21,22)23)24-17(15)25(3)19(26)29/h4-8,13,27H,9-10H2,1-3H3. The normalized spacial score (nSPS) is 12.9. The molecule has 1 aromatic carbocycles. The Balaban J connectivity index is 1.88. The summed E-state index contributed by atoms with van der Waals surface area (Å²) in [6, 6.07) is 7.18. The summed E-state index contributed by atoms with van der Waals surface area (Å²) in [7, 11) is 1.21. The molecule has 7 nitrogen and oxygen atoms in total. The van der Waals surface area contributed by atoms with Crippen molar-refractivity contribution >= 4 is 11.0 Å². The Morgan fingerprint density at radius 1 is 1.13 bits per heavy atom. The fourth-order valence-corrected chi connectivity index (χ4v) is 3.17. The number of pyridine rings is 1. The van der Waals surface area contributed by atoms with E-state index in [0.717, 1.165) is 26.3 Å².